The van der Waals surface area contributed by atoms with E-state index in [1.165, 1.54) is 34.8 Å². The molecule has 2 aromatic heterocycles. The van der Waals surface area contributed by atoms with E-state index >= 15 is 0 Å². The van der Waals surface area contributed by atoms with Gasteiger partial charge in [-0.15, -0.1) is 0 Å². The van der Waals surface area contributed by atoms with Crippen LogP contribution in [0, 0.1) is 11.3 Å². The number of rotatable bonds is 2. The Morgan fingerprint density at radius 1 is 1.33 bits per heavy atom. The second-order valence-corrected chi connectivity index (χ2v) is 3.81. The minimum atomic E-state index is -0.588. The SMILES string of the molecule is Cn1ccn(Cc2ccnc(C#N)c2)c(=O)c1=O. The highest BCUT2D eigenvalue weighted by Crippen LogP contribution is 2.01. The van der Waals surface area contributed by atoms with E-state index in [0.29, 0.717) is 0 Å². The van der Waals surface area contributed by atoms with Crippen LogP contribution in [0.25, 0.3) is 0 Å². The number of nitriles is 1. The molecule has 0 unspecified atom stereocenters. The molecule has 0 aliphatic heterocycles. The molecule has 0 saturated heterocycles. The first-order chi connectivity index (χ1) is 8.61. The number of pyridine rings is 1. The van der Waals surface area contributed by atoms with Gasteiger partial charge in [0.25, 0.3) is 0 Å². The largest absolute Gasteiger partial charge is 0.316 e. The third-order valence-corrected chi connectivity index (χ3v) is 2.53. The average molecular weight is 242 g/mol. The zero-order valence-electron chi connectivity index (χ0n) is 9.70. The van der Waals surface area contributed by atoms with E-state index in [-0.39, 0.29) is 12.2 Å². The molecule has 18 heavy (non-hydrogen) atoms. The van der Waals surface area contributed by atoms with Crippen molar-refractivity contribution >= 4 is 0 Å². The van der Waals surface area contributed by atoms with Crippen LogP contribution < -0.4 is 11.1 Å². The fraction of sp³-hybridized carbons (Fsp3) is 0.167. The van der Waals surface area contributed by atoms with Crippen LogP contribution in [-0.4, -0.2) is 14.1 Å². The zero-order chi connectivity index (χ0) is 13.1. The first-order valence-electron chi connectivity index (χ1n) is 5.23. The quantitative estimate of drug-likeness (QED) is 0.686. The summed E-state index contributed by atoms with van der Waals surface area (Å²) in [7, 11) is 1.52. The molecule has 0 N–H and O–H groups in total. The van der Waals surface area contributed by atoms with Crippen molar-refractivity contribution < 1.29 is 0 Å². The number of hydrogen-bond acceptors (Lipinski definition) is 4. The Kier molecular flexibility index (Phi) is 3.06. The number of hydrogen-bond donors (Lipinski definition) is 0. The van der Waals surface area contributed by atoms with E-state index in [0.717, 1.165) is 5.56 Å². The lowest BCUT2D eigenvalue weighted by molar-refractivity contribution is 0.694. The molecule has 2 heterocycles. The topological polar surface area (TPSA) is 80.7 Å². The molecule has 6 heteroatoms. The predicted octanol–water partition coefficient (Wildman–Crippen LogP) is -0.138. The maximum Gasteiger partial charge on any atom is 0.316 e. The van der Waals surface area contributed by atoms with Crippen LogP contribution in [0.5, 0.6) is 0 Å². The molecule has 0 aliphatic carbocycles. The highest BCUT2D eigenvalue weighted by atomic mass is 16.2. The van der Waals surface area contributed by atoms with Gasteiger partial charge in [-0.2, -0.15) is 5.26 Å². The van der Waals surface area contributed by atoms with E-state index in [1.807, 2.05) is 6.07 Å². The minimum absolute atomic E-state index is 0.242. The molecule has 0 aliphatic rings. The lowest BCUT2D eigenvalue weighted by Crippen LogP contribution is -2.39. The second-order valence-electron chi connectivity index (χ2n) is 3.81. The van der Waals surface area contributed by atoms with Crippen LogP contribution in [0.4, 0.5) is 0 Å². The lowest BCUT2D eigenvalue weighted by Gasteiger charge is -2.06. The van der Waals surface area contributed by atoms with Crippen LogP contribution in [0.15, 0.2) is 40.3 Å². The Labute approximate surface area is 102 Å². The van der Waals surface area contributed by atoms with E-state index in [4.69, 9.17) is 5.26 Å². The van der Waals surface area contributed by atoms with Crippen LogP contribution in [0.3, 0.4) is 0 Å². The first kappa shape index (κ1) is 11.8. The van der Waals surface area contributed by atoms with E-state index in [1.54, 1.807) is 12.1 Å². The summed E-state index contributed by atoms with van der Waals surface area (Å²) in [5.41, 5.74) is -0.135. The Morgan fingerprint density at radius 2 is 2.11 bits per heavy atom. The fourth-order valence-corrected chi connectivity index (χ4v) is 1.54. The fourth-order valence-electron chi connectivity index (χ4n) is 1.54. The van der Waals surface area contributed by atoms with Gasteiger partial charge in [-0.05, 0) is 17.7 Å². The number of nitrogens with zero attached hydrogens (tertiary/aromatic N) is 4. The Hall–Kier alpha value is -2.68. The average Bonchev–Trinajstić information content (AvgIpc) is 2.40. The van der Waals surface area contributed by atoms with Crippen molar-refractivity contribution in [3.63, 3.8) is 0 Å². The lowest BCUT2D eigenvalue weighted by atomic mass is 10.2. The van der Waals surface area contributed by atoms with Crippen molar-refractivity contribution in [2.75, 3.05) is 0 Å². The van der Waals surface area contributed by atoms with Crippen molar-refractivity contribution in [3.8, 4) is 6.07 Å². The molecule has 0 saturated carbocycles. The van der Waals surface area contributed by atoms with E-state index in [9.17, 15) is 9.59 Å². The van der Waals surface area contributed by atoms with Gasteiger partial charge in [0.05, 0.1) is 6.54 Å². The maximum atomic E-state index is 11.7. The van der Waals surface area contributed by atoms with Crippen molar-refractivity contribution in [1.82, 2.24) is 14.1 Å². The van der Waals surface area contributed by atoms with Gasteiger partial charge in [0.15, 0.2) is 0 Å². The highest BCUT2D eigenvalue weighted by Gasteiger charge is 2.04. The summed E-state index contributed by atoms with van der Waals surface area (Å²) >= 11 is 0. The summed E-state index contributed by atoms with van der Waals surface area (Å²) in [4.78, 5) is 27.0. The monoisotopic (exact) mass is 242 g/mol. The van der Waals surface area contributed by atoms with Crippen LogP contribution >= 0.6 is 0 Å². The molecule has 0 fully saturated rings. The van der Waals surface area contributed by atoms with Crippen molar-refractivity contribution in [2.45, 2.75) is 6.54 Å². The molecular formula is C12H10N4O2. The summed E-state index contributed by atoms with van der Waals surface area (Å²) < 4.78 is 2.53. The molecule has 0 spiro atoms. The highest BCUT2D eigenvalue weighted by molar-refractivity contribution is 5.25. The number of aromatic nitrogens is 3. The van der Waals surface area contributed by atoms with Crippen molar-refractivity contribution in [3.05, 3.63) is 62.7 Å². The number of aryl methyl sites for hydroxylation is 1. The van der Waals surface area contributed by atoms with Gasteiger partial charge in [-0.25, -0.2) is 4.98 Å². The zero-order valence-corrected chi connectivity index (χ0v) is 9.70. The molecule has 0 amide bonds. The molecule has 0 atom stereocenters. The Bertz CT molecular complexity index is 737. The van der Waals surface area contributed by atoms with Crippen LogP contribution in [0.2, 0.25) is 0 Å². The Balaban J connectivity index is 2.41. The van der Waals surface area contributed by atoms with Gasteiger partial charge in [0.1, 0.15) is 11.8 Å². The van der Waals surface area contributed by atoms with Crippen molar-refractivity contribution in [2.24, 2.45) is 7.05 Å². The predicted molar refractivity (Wildman–Crippen MR) is 64.0 cm³/mol. The van der Waals surface area contributed by atoms with Gasteiger partial charge in [-0.3, -0.25) is 9.59 Å². The van der Waals surface area contributed by atoms with Gasteiger partial charge in [0.2, 0.25) is 0 Å². The van der Waals surface area contributed by atoms with Gasteiger partial charge < -0.3 is 9.13 Å². The third kappa shape index (κ3) is 2.20. The molecular weight excluding hydrogens is 232 g/mol. The van der Waals surface area contributed by atoms with Crippen LogP contribution in [-0.2, 0) is 13.6 Å². The summed E-state index contributed by atoms with van der Waals surface area (Å²) in [5.74, 6) is 0. The minimum Gasteiger partial charge on any atom is -0.312 e. The molecule has 0 aromatic carbocycles. The molecule has 90 valence electrons. The standard InChI is InChI=1S/C12H10N4O2/c1-15-4-5-16(12(18)11(15)17)8-9-2-3-14-10(6-9)7-13/h2-6H,8H2,1H3. The van der Waals surface area contributed by atoms with E-state index < -0.39 is 11.1 Å². The van der Waals surface area contributed by atoms with Gasteiger partial charge >= 0.3 is 11.1 Å². The molecule has 2 rings (SSSR count). The third-order valence-electron chi connectivity index (χ3n) is 2.53. The Morgan fingerprint density at radius 3 is 2.83 bits per heavy atom. The molecule has 2 aromatic rings. The first-order valence-corrected chi connectivity index (χ1v) is 5.23. The normalized spacial score (nSPS) is 10.0. The second kappa shape index (κ2) is 4.67. The van der Waals surface area contributed by atoms with Gasteiger partial charge in [0, 0.05) is 25.6 Å². The smallest absolute Gasteiger partial charge is 0.312 e. The van der Waals surface area contributed by atoms with Crippen molar-refractivity contribution in [1.29, 1.82) is 5.26 Å². The summed E-state index contributed by atoms with van der Waals surface area (Å²) in [5, 5.41) is 8.73. The van der Waals surface area contributed by atoms with Crippen LogP contribution in [0.1, 0.15) is 11.3 Å². The summed E-state index contributed by atoms with van der Waals surface area (Å²) in [6.07, 6.45) is 4.56. The molecule has 0 radical (unpaired) electrons. The van der Waals surface area contributed by atoms with Gasteiger partial charge in [-0.1, -0.05) is 0 Å². The molecule has 6 nitrogen and oxygen atoms in total. The maximum absolute atomic E-state index is 11.7. The molecule has 0 bridgehead atoms. The van der Waals surface area contributed by atoms with E-state index in [2.05, 4.69) is 4.98 Å². The summed E-state index contributed by atoms with van der Waals surface area (Å²) in [6, 6.07) is 5.21. The summed E-state index contributed by atoms with van der Waals surface area (Å²) in [6.45, 7) is 0.242.